The van der Waals surface area contributed by atoms with Crippen molar-refractivity contribution in [2.24, 2.45) is 4.99 Å². The van der Waals surface area contributed by atoms with Crippen molar-refractivity contribution in [1.29, 1.82) is 0 Å². The smallest absolute Gasteiger partial charge is 0.191 e. The second-order valence-electron chi connectivity index (χ2n) is 5.24. The van der Waals surface area contributed by atoms with Gasteiger partial charge >= 0.3 is 0 Å². The van der Waals surface area contributed by atoms with E-state index in [0.717, 1.165) is 68.4 Å². The van der Waals surface area contributed by atoms with Crippen LogP contribution in [0.3, 0.4) is 0 Å². The summed E-state index contributed by atoms with van der Waals surface area (Å²) in [5.41, 5.74) is 0.944. The molecule has 2 rings (SSSR count). The second kappa shape index (κ2) is 12.1. The highest BCUT2D eigenvalue weighted by atomic mass is 127. The molecule has 24 heavy (non-hydrogen) atoms. The Balaban J connectivity index is 0.00000288. The van der Waals surface area contributed by atoms with Crippen LogP contribution in [0.2, 0.25) is 0 Å². The Kier molecular flexibility index (Phi) is 10.5. The summed E-state index contributed by atoms with van der Waals surface area (Å²) in [6, 6.07) is 10.2. The summed E-state index contributed by atoms with van der Waals surface area (Å²) in [5, 5.41) is 7.75. The van der Waals surface area contributed by atoms with Crippen molar-refractivity contribution in [1.82, 2.24) is 10.6 Å². The maximum atomic E-state index is 5.82. The molecule has 0 unspecified atom stereocenters. The summed E-state index contributed by atoms with van der Waals surface area (Å²) in [6.45, 7) is 8.00. The Bertz CT molecular complexity index is 580. The molecule has 0 amide bonds. The molecule has 134 valence electrons. The summed E-state index contributed by atoms with van der Waals surface area (Å²) in [5.74, 6) is 1.84. The number of guanidine groups is 1. The molecule has 0 radical (unpaired) electrons. The van der Waals surface area contributed by atoms with Gasteiger partial charge in [0.1, 0.15) is 11.3 Å². The van der Waals surface area contributed by atoms with Gasteiger partial charge in [0.25, 0.3) is 0 Å². The standard InChI is InChI=1S/C18H27N3O2.HI/c1-3-19-18(20-11-7-13-22-4-2)21-12-10-16-14-15-8-5-6-9-17(15)23-16;/h5-6,8-9,14H,3-4,7,10-13H2,1-2H3,(H2,19,20,21);1H. The molecule has 5 nitrogen and oxygen atoms in total. The average Bonchev–Trinajstić information content (AvgIpc) is 2.97. The molecule has 0 aliphatic heterocycles. The number of nitrogens with one attached hydrogen (secondary N) is 2. The molecule has 0 saturated heterocycles. The average molecular weight is 445 g/mol. The van der Waals surface area contributed by atoms with E-state index >= 15 is 0 Å². The van der Waals surface area contributed by atoms with Gasteiger partial charge in [0, 0.05) is 44.7 Å². The lowest BCUT2D eigenvalue weighted by atomic mass is 10.2. The SMILES string of the molecule is CCNC(=NCCCOCC)NCCc1cc2ccccc2o1.I. The van der Waals surface area contributed by atoms with Gasteiger partial charge in [-0.1, -0.05) is 18.2 Å². The minimum absolute atomic E-state index is 0. The largest absolute Gasteiger partial charge is 0.461 e. The van der Waals surface area contributed by atoms with Gasteiger partial charge in [0.2, 0.25) is 0 Å². The van der Waals surface area contributed by atoms with Crippen LogP contribution in [0.1, 0.15) is 26.0 Å². The molecule has 1 heterocycles. The predicted molar refractivity (Wildman–Crippen MR) is 110 cm³/mol. The van der Waals surface area contributed by atoms with Crippen molar-refractivity contribution < 1.29 is 9.15 Å². The number of benzene rings is 1. The van der Waals surface area contributed by atoms with Gasteiger partial charge in [0.15, 0.2) is 5.96 Å². The van der Waals surface area contributed by atoms with E-state index in [2.05, 4.69) is 34.7 Å². The van der Waals surface area contributed by atoms with Crippen LogP contribution >= 0.6 is 24.0 Å². The first kappa shape index (κ1) is 20.8. The van der Waals surface area contributed by atoms with Gasteiger partial charge in [-0.3, -0.25) is 4.99 Å². The molecule has 6 heteroatoms. The van der Waals surface area contributed by atoms with Crippen LogP contribution in [0.4, 0.5) is 0 Å². The van der Waals surface area contributed by atoms with E-state index in [0.29, 0.717) is 0 Å². The van der Waals surface area contributed by atoms with E-state index in [1.54, 1.807) is 0 Å². The number of hydrogen-bond donors (Lipinski definition) is 2. The van der Waals surface area contributed by atoms with Crippen LogP contribution in [-0.2, 0) is 11.2 Å². The lowest BCUT2D eigenvalue weighted by Gasteiger charge is -2.10. The molecular weight excluding hydrogens is 417 g/mol. The summed E-state index contributed by atoms with van der Waals surface area (Å²) < 4.78 is 11.1. The molecule has 0 saturated carbocycles. The topological polar surface area (TPSA) is 58.8 Å². The molecule has 0 fully saturated rings. The number of halogens is 1. The molecule has 0 atom stereocenters. The fourth-order valence-corrected chi connectivity index (χ4v) is 2.31. The van der Waals surface area contributed by atoms with Crippen LogP contribution in [0.25, 0.3) is 11.0 Å². The Morgan fingerprint density at radius 2 is 2.04 bits per heavy atom. The molecular formula is C18H28IN3O2. The zero-order chi connectivity index (χ0) is 16.3. The van der Waals surface area contributed by atoms with Gasteiger partial charge in [-0.2, -0.15) is 0 Å². The highest BCUT2D eigenvalue weighted by Gasteiger charge is 2.03. The highest BCUT2D eigenvalue weighted by Crippen LogP contribution is 2.18. The van der Waals surface area contributed by atoms with E-state index in [4.69, 9.17) is 9.15 Å². The molecule has 0 bridgehead atoms. The lowest BCUT2D eigenvalue weighted by molar-refractivity contribution is 0.146. The van der Waals surface area contributed by atoms with Crippen LogP contribution < -0.4 is 10.6 Å². The normalized spacial score (nSPS) is 11.3. The molecule has 1 aromatic carbocycles. The van der Waals surface area contributed by atoms with Gasteiger partial charge in [-0.05, 0) is 32.4 Å². The number of rotatable bonds is 9. The summed E-state index contributed by atoms with van der Waals surface area (Å²) >= 11 is 0. The molecule has 0 aliphatic carbocycles. The summed E-state index contributed by atoms with van der Waals surface area (Å²) in [6.07, 6.45) is 1.77. The highest BCUT2D eigenvalue weighted by molar-refractivity contribution is 14.0. The number of hydrogen-bond acceptors (Lipinski definition) is 3. The summed E-state index contributed by atoms with van der Waals surface area (Å²) in [4.78, 5) is 4.54. The van der Waals surface area contributed by atoms with Crippen molar-refractivity contribution in [3.05, 3.63) is 36.1 Å². The first-order valence-corrected chi connectivity index (χ1v) is 8.41. The van der Waals surface area contributed by atoms with E-state index in [1.165, 1.54) is 0 Å². The number of aliphatic imine (C=N–C) groups is 1. The Hall–Kier alpha value is -1.28. The third-order valence-electron chi connectivity index (χ3n) is 3.41. The molecule has 0 aliphatic rings. The van der Waals surface area contributed by atoms with Crippen LogP contribution in [0, 0.1) is 0 Å². The Morgan fingerprint density at radius 1 is 1.21 bits per heavy atom. The third kappa shape index (κ3) is 7.09. The fraction of sp³-hybridized carbons (Fsp3) is 0.500. The van der Waals surface area contributed by atoms with E-state index in [-0.39, 0.29) is 24.0 Å². The quantitative estimate of drug-likeness (QED) is 0.268. The van der Waals surface area contributed by atoms with E-state index in [9.17, 15) is 0 Å². The Morgan fingerprint density at radius 3 is 2.79 bits per heavy atom. The van der Waals surface area contributed by atoms with Crippen molar-refractivity contribution >= 4 is 40.9 Å². The zero-order valence-corrected chi connectivity index (χ0v) is 16.8. The van der Waals surface area contributed by atoms with Crippen molar-refractivity contribution in [2.75, 3.05) is 32.8 Å². The summed E-state index contributed by atoms with van der Waals surface area (Å²) in [7, 11) is 0. The van der Waals surface area contributed by atoms with Crippen molar-refractivity contribution in [2.45, 2.75) is 26.7 Å². The van der Waals surface area contributed by atoms with Crippen molar-refractivity contribution in [3.63, 3.8) is 0 Å². The molecule has 2 N–H and O–H groups in total. The van der Waals surface area contributed by atoms with Gasteiger partial charge in [-0.25, -0.2) is 0 Å². The number of fused-ring (bicyclic) bond motifs is 1. The molecule has 0 spiro atoms. The fourth-order valence-electron chi connectivity index (χ4n) is 2.31. The number of furan rings is 1. The predicted octanol–water partition coefficient (Wildman–Crippen LogP) is 3.58. The number of para-hydroxylation sites is 1. The zero-order valence-electron chi connectivity index (χ0n) is 14.5. The maximum Gasteiger partial charge on any atom is 0.191 e. The van der Waals surface area contributed by atoms with Crippen LogP contribution in [-0.4, -0.2) is 38.8 Å². The lowest BCUT2D eigenvalue weighted by Crippen LogP contribution is -2.38. The minimum atomic E-state index is 0. The maximum absolute atomic E-state index is 5.82. The minimum Gasteiger partial charge on any atom is -0.461 e. The second-order valence-corrected chi connectivity index (χ2v) is 5.24. The first-order chi connectivity index (χ1) is 11.3. The monoisotopic (exact) mass is 445 g/mol. The third-order valence-corrected chi connectivity index (χ3v) is 3.41. The van der Waals surface area contributed by atoms with Gasteiger partial charge in [0.05, 0.1) is 0 Å². The Labute approximate surface area is 161 Å². The van der Waals surface area contributed by atoms with E-state index < -0.39 is 0 Å². The van der Waals surface area contributed by atoms with Gasteiger partial charge in [-0.15, -0.1) is 24.0 Å². The molecule has 1 aromatic heterocycles. The van der Waals surface area contributed by atoms with Crippen LogP contribution in [0.15, 0.2) is 39.7 Å². The number of nitrogens with zero attached hydrogens (tertiary/aromatic N) is 1. The molecule has 2 aromatic rings. The first-order valence-electron chi connectivity index (χ1n) is 8.41. The van der Waals surface area contributed by atoms with Gasteiger partial charge < -0.3 is 19.8 Å². The van der Waals surface area contributed by atoms with Crippen LogP contribution in [0.5, 0.6) is 0 Å². The number of ether oxygens (including phenoxy) is 1. The van der Waals surface area contributed by atoms with Crippen molar-refractivity contribution in [3.8, 4) is 0 Å². The van der Waals surface area contributed by atoms with E-state index in [1.807, 2.05) is 25.1 Å².